The third kappa shape index (κ3) is 4.09. The second-order valence-electron chi connectivity index (χ2n) is 3.75. The molecule has 0 radical (unpaired) electrons. The fraction of sp³-hybridized carbons (Fsp3) is 0.600. The van der Waals surface area contributed by atoms with Crippen molar-refractivity contribution < 1.29 is 0 Å². The van der Waals surface area contributed by atoms with Gasteiger partial charge in [-0.05, 0) is 34.9 Å². The molecule has 1 rings (SSSR count). The quantitative estimate of drug-likeness (QED) is 0.627. The molecule has 0 amide bonds. The van der Waals surface area contributed by atoms with E-state index in [2.05, 4.69) is 46.4 Å². The van der Waals surface area contributed by atoms with Crippen LogP contribution in [0, 0.1) is 9.49 Å². The van der Waals surface area contributed by atoms with Crippen molar-refractivity contribution in [2.24, 2.45) is 5.92 Å². The molecule has 1 aromatic rings. The summed E-state index contributed by atoms with van der Waals surface area (Å²) in [5.74, 6) is 0.636. The van der Waals surface area contributed by atoms with Crippen LogP contribution >= 0.6 is 34.2 Å². The Morgan fingerprint density at radius 3 is 2.79 bits per heavy atom. The molecule has 0 saturated heterocycles. The average Bonchev–Trinajstić information content (AvgIpc) is 2.07. The van der Waals surface area contributed by atoms with E-state index in [1.54, 1.807) is 6.33 Å². The second-order valence-corrected chi connectivity index (χ2v) is 5.53. The highest BCUT2D eigenvalue weighted by Gasteiger charge is 2.11. The second kappa shape index (κ2) is 5.85. The van der Waals surface area contributed by atoms with Crippen LogP contribution in [0.5, 0.6) is 0 Å². The van der Waals surface area contributed by atoms with E-state index in [1.807, 2.05) is 6.20 Å². The molecule has 0 bridgehead atoms. The van der Waals surface area contributed by atoms with Crippen molar-refractivity contribution in [3.63, 3.8) is 0 Å². The summed E-state index contributed by atoms with van der Waals surface area (Å²) < 4.78 is 1.10. The van der Waals surface area contributed by atoms with E-state index in [-0.39, 0.29) is 5.38 Å². The summed E-state index contributed by atoms with van der Waals surface area (Å²) in [4.78, 5) is 8.17. The Hall–Kier alpha value is 0.100. The summed E-state index contributed by atoms with van der Waals surface area (Å²) in [7, 11) is 0. The summed E-state index contributed by atoms with van der Waals surface area (Å²) in [6, 6.07) is 0. The van der Waals surface area contributed by atoms with Gasteiger partial charge in [0.05, 0.1) is 9.26 Å². The maximum absolute atomic E-state index is 6.22. The lowest BCUT2D eigenvalue weighted by Gasteiger charge is -2.11. The van der Waals surface area contributed by atoms with Crippen molar-refractivity contribution in [1.82, 2.24) is 9.97 Å². The maximum Gasteiger partial charge on any atom is 0.115 e. The predicted molar refractivity (Wildman–Crippen MR) is 67.5 cm³/mol. The van der Waals surface area contributed by atoms with Gasteiger partial charge in [-0.3, -0.25) is 0 Å². The molecule has 1 atom stereocenters. The Morgan fingerprint density at radius 1 is 1.50 bits per heavy atom. The molecule has 0 aliphatic heterocycles. The highest BCUT2D eigenvalue weighted by Crippen LogP contribution is 2.17. The minimum absolute atomic E-state index is 0.179. The third-order valence-electron chi connectivity index (χ3n) is 1.89. The number of hydrogen-bond acceptors (Lipinski definition) is 2. The van der Waals surface area contributed by atoms with Crippen LogP contribution in [-0.2, 0) is 6.42 Å². The van der Waals surface area contributed by atoms with E-state index >= 15 is 0 Å². The first-order valence-corrected chi connectivity index (χ1v) is 6.19. The van der Waals surface area contributed by atoms with Crippen LogP contribution in [-0.4, -0.2) is 15.3 Å². The lowest BCUT2D eigenvalue weighted by molar-refractivity contribution is 0.558. The molecule has 0 aliphatic carbocycles. The first kappa shape index (κ1) is 12.2. The number of hydrogen-bond donors (Lipinski definition) is 0. The smallest absolute Gasteiger partial charge is 0.115 e. The topological polar surface area (TPSA) is 25.8 Å². The van der Waals surface area contributed by atoms with Gasteiger partial charge in [-0.2, -0.15) is 0 Å². The van der Waals surface area contributed by atoms with Crippen LogP contribution in [0.15, 0.2) is 12.5 Å². The molecule has 0 N–H and O–H groups in total. The van der Waals surface area contributed by atoms with E-state index < -0.39 is 0 Å². The number of alkyl halides is 1. The van der Waals surface area contributed by atoms with Gasteiger partial charge in [0, 0.05) is 18.0 Å². The maximum atomic E-state index is 6.22. The van der Waals surface area contributed by atoms with Gasteiger partial charge < -0.3 is 0 Å². The fourth-order valence-electron chi connectivity index (χ4n) is 1.29. The summed E-state index contributed by atoms with van der Waals surface area (Å²) in [5, 5.41) is 0.179. The lowest BCUT2D eigenvalue weighted by atomic mass is 10.0. The van der Waals surface area contributed by atoms with Crippen molar-refractivity contribution in [2.45, 2.75) is 32.1 Å². The van der Waals surface area contributed by atoms with E-state index in [4.69, 9.17) is 11.6 Å². The van der Waals surface area contributed by atoms with Crippen LogP contribution in [0.3, 0.4) is 0 Å². The van der Waals surface area contributed by atoms with Crippen LogP contribution in [0.2, 0.25) is 0 Å². The minimum atomic E-state index is 0.179. The fourth-order valence-corrected chi connectivity index (χ4v) is 2.32. The molecule has 14 heavy (non-hydrogen) atoms. The highest BCUT2D eigenvalue weighted by atomic mass is 127. The van der Waals surface area contributed by atoms with Gasteiger partial charge in [-0.25, -0.2) is 9.97 Å². The van der Waals surface area contributed by atoms with Crippen LogP contribution in [0.4, 0.5) is 0 Å². The summed E-state index contributed by atoms with van der Waals surface area (Å²) in [6.45, 7) is 4.36. The Bertz CT molecular complexity index is 291. The third-order valence-corrected chi connectivity index (χ3v) is 3.12. The van der Waals surface area contributed by atoms with E-state index in [9.17, 15) is 0 Å². The average molecular weight is 325 g/mol. The first-order valence-electron chi connectivity index (χ1n) is 4.68. The van der Waals surface area contributed by atoms with Gasteiger partial charge in [0.15, 0.2) is 0 Å². The van der Waals surface area contributed by atoms with Crippen LogP contribution in [0.25, 0.3) is 0 Å². The van der Waals surface area contributed by atoms with Crippen molar-refractivity contribution in [3.05, 3.63) is 21.8 Å². The molecule has 1 unspecified atom stereocenters. The summed E-state index contributed by atoms with van der Waals surface area (Å²) in [5.41, 5.74) is 1.06. The van der Waals surface area contributed by atoms with Gasteiger partial charge in [-0.15, -0.1) is 11.6 Å². The predicted octanol–water partition coefficient (Wildman–Crippen LogP) is 3.28. The molecule has 1 heterocycles. The van der Waals surface area contributed by atoms with Gasteiger partial charge in [0.25, 0.3) is 0 Å². The molecule has 1 aromatic heterocycles. The number of rotatable bonds is 4. The molecule has 78 valence electrons. The standard InChI is InChI=1S/C10H14ClIN2/c1-7(2)3-8(11)4-10-9(12)5-13-6-14-10/h5-8H,3-4H2,1-2H3. The normalized spacial score (nSPS) is 13.2. The van der Waals surface area contributed by atoms with Crippen molar-refractivity contribution in [1.29, 1.82) is 0 Å². The first-order chi connectivity index (χ1) is 6.59. The molecular formula is C10H14ClIN2. The van der Waals surface area contributed by atoms with Crippen LogP contribution < -0.4 is 0 Å². The largest absolute Gasteiger partial charge is 0.244 e. The zero-order chi connectivity index (χ0) is 10.6. The minimum Gasteiger partial charge on any atom is -0.244 e. The number of nitrogens with zero attached hydrogens (tertiary/aromatic N) is 2. The zero-order valence-electron chi connectivity index (χ0n) is 8.37. The Balaban J connectivity index is 2.56. The van der Waals surface area contributed by atoms with Gasteiger partial charge >= 0.3 is 0 Å². The summed E-state index contributed by atoms with van der Waals surface area (Å²) in [6.07, 6.45) is 5.26. The van der Waals surface area contributed by atoms with Crippen molar-refractivity contribution >= 4 is 34.2 Å². The van der Waals surface area contributed by atoms with Gasteiger partial charge in [-0.1, -0.05) is 13.8 Å². The lowest BCUT2D eigenvalue weighted by Crippen LogP contribution is -2.09. The van der Waals surface area contributed by atoms with E-state index in [1.165, 1.54) is 0 Å². The molecule has 0 fully saturated rings. The number of halogens is 2. The molecule has 0 aliphatic rings. The Morgan fingerprint density at radius 2 is 2.21 bits per heavy atom. The van der Waals surface area contributed by atoms with Gasteiger partial charge in [0.1, 0.15) is 6.33 Å². The molecule has 2 nitrogen and oxygen atoms in total. The molecule has 0 aromatic carbocycles. The SMILES string of the molecule is CC(C)CC(Cl)Cc1ncncc1I. The van der Waals surface area contributed by atoms with E-state index in [0.717, 1.165) is 22.1 Å². The number of aromatic nitrogens is 2. The molecule has 0 spiro atoms. The molecular weight excluding hydrogens is 310 g/mol. The zero-order valence-corrected chi connectivity index (χ0v) is 11.3. The molecule has 4 heteroatoms. The molecule has 0 saturated carbocycles. The van der Waals surface area contributed by atoms with Crippen LogP contribution in [0.1, 0.15) is 26.0 Å². The summed E-state index contributed by atoms with van der Waals surface area (Å²) >= 11 is 8.46. The van der Waals surface area contributed by atoms with Crippen molar-refractivity contribution in [2.75, 3.05) is 0 Å². The Kier molecular flexibility index (Phi) is 5.09. The van der Waals surface area contributed by atoms with Crippen molar-refractivity contribution in [3.8, 4) is 0 Å². The monoisotopic (exact) mass is 324 g/mol. The van der Waals surface area contributed by atoms with E-state index in [0.29, 0.717) is 5.92 Å². The Labute approximate surface area is 104 Å². The van der Waals surface area contributed by atoms with Gasteiger partial charge in [0.2, 0.25) is 0 Å². The highest BCUT2D eigenvalue weighted by molar-refractivity contribution is 14.1.